The molecule has 0 aromatic heterocycles. The fourth-order valence-electron chi connectivity index (χ4n) is 2.51. The van der Waals surface area contributed by atoms with E-state index in [1.165, 1.54) is 44.9 Å². The molecule has 0 bridgehead atoms. The fourth-order valence-corrected chi connectivity index (χ4v) is 2.51. The van der Waals surface area contributed by atoms with Crippen LogP contribution in [0.4, 0.5) is 0 Å². The van der Waals surface area contributed by atoms with Crippen LogP contribution in [0.5, 0.6) is 0 Å². The molecule has 138 valence electrons. The molecule has 0 radical (unpaired) electrons. The number of hydrogen-bond donors (Lipinski definition) is 2. The van der Waals surface area contributed by atoms with Crippen molar-refractivity contribution < 1.29 is 19.8 Å². The summed E-state index contributed by atoms with van der Waals surface area (Å²) in [4.78, 5) is 21.5. The van der Waals surface area contributed by atoms with E-state index in [1.54, 1.807) is 6.08 Å². The molecule has 0 aliphatic carbocycles. The average molecular weight is 338 g/mol. The van der Waals surface area contributed by atoms with Crippen molar-refractivity contribution in [1.29, 1.82) is 0 Å². The summed E-state index contributed by atoms with van der Waals surface area (Å²) in [7, 11) is 0. The quantitative estimate of drug-likeness (QED) is 0.284. The number of aliphatic carboxylic acids is 2. The number of unbranched alkanes of at least 4 members (excludes halogenated alkanes) is 8. The molecule has 0 aliphatic rings. The van der Waals surface area contributed by atoms with Crippen molar-refractivity contribution in [2.45, 2.75) is 84.0 Å². The molecule has 0 spiro atoms. The zero-order valence-electron chi connectivity index (χ0n) is 15.1. The lowest BCUT2D eigenvalue weighted by atomic mass is 10.0. The Morgan fingerprint density at radius 3 is 1.92 bits per heavy atom. The molecular weight excluding hydrogens is 304 g/mol. The number of hydrogen-bond acceptors (Lipinski definition) is 2. The van der Waals surface area contributed by atoms with E-state index in [2.05, 4.69) is 19.1 Å². The van der Waals surface area contributed by atoms with E-state index in [9.17, 15) is 9.59 Å². The van der Waals surface area contributed by atoms with Gasteiger partial charge in [-0.3, -0.25) is 9.59 Å². The molecule has 0 aliphatic heterocycles. The lowest BCUT2D eigenvalue weighted by molar-refractivity contribution is -0.148. The van der Waals surface area contributed by atoms with Crippen LogP contribution in [0, 0.1) is 5.92 Å². The number of carboxylic acids is 2. The molecule has 0 saturated carbocycles. The molecule has 0 saturated heterocycles. The maximum Gasteiger partial charge on any atom is 0.307 e. The Kier molecular flexibility index (Phi) is 15.2. The van der Waals surface area contributed by atoms with Gasteiger partial charge in [0.2, 0.25) is 0 Å². The minimum atomic E-state index is -1.07. The zero-order valence-corrected chi connectivity index (χ0v) is 15.1. The molecule has 0 rings (SSSR count). The predicted molar refractivity (Wildman–Crippen MR) is 98.1 cm³/mol. The highest BCUT2D eigenvalue weighted by Crippen LogP contribution is 2.11. The van der Waals surface area contributed by atoms with E-state index in [4.69, 9.17) is 10.2 Å². The Balaban J connectivity index is 3.56. The van der Waals surface area contributed by atoms with Crippen molar-refractivity contribution >= 4 is 11.9 Å². The van der Waals surface area contributed by atoms with Crippen molar-refractivity contribution in [3.8, 4) is 0 Å². The molecule has 1 atom stereocenters. The Labute approximate surface area is 146 Å². The Morgan fingerprint density at radius 2 is 1.33 bits per heavy atom. The molecule has 0 heterocycles. The van der Waals surface area contributed by atoms with Gasteiger partial charge in [-0.2, -0.15) is 0 Å². The zero-order chi connectivity index (χ0) is 18.0. The van der Waals surface area contributed by atoms with Crippen LogP contribution in [0.1, 0.15) is 84.0 Å². The standard InChI is InChI=1S/C20H34O4/c1-2-3-4-5-6-7-8-9-10-11-12-13-14-15-16-18(20(23)24)17-19(21)22/h10-11,14-15,18H,2-9,12-13,16-17H2,1H3,(H,21,22)(H,23,24)/b11-10+,15-14+. The molecule has 4 nitrogen and oxygen atoms in total. The first-order chi connectivity index (χ1) is 11.6. The first-order valence-corrected chi connectivity index (χ1v) is 9.32. The van der Waals surface area contributed by atoms with Crippen LogP contribution in [0.15, 0.2) is 24.3 Å². The van der Waals surface area contributed by atoms with Crippen molar-refractivity contribution in [2.24, 2.45) is 5.92 Å². The summed E-state index contributed by atoms with van der Waals surface area (Å²) < 4.78 is 0. The van der Waals surface area contributed by atoms with Crippen LogP contribution in [-0.2, 0) is 9.59 Å². The minimum Gasteiger partial charge on any atom is -0.481 e. The van der Waals surface area contributed by atoms with Gasteiger partial charge in [0.1, 0.15) is 0 Å². The normalized spacial score (nSPS) is 12.9. The van der Waals surface area contributed by atoms with Gasteiger partial charge >= 0.3 is 11.9 Å². The Hall–Kier alpha value is -1.58. The first-order valence-electron chi connectivity index (χ1n) is 9.32. The minimum absolute atomic E-state index is 0.281. The molecule has 1 unspecified atom stereocenters. The Morgan fingerprint density at radius 1 is 0.792 bits per heavy atom. The molecule has 0 aromatic carbocycles. The van der Waals surface area contributed by atoms with Crippen LogP contribution in [-0.4, -0.2) is 22.2 Å². The second kappa shape index (κ2) is 16.3. The predicted octanol–water partition coefficient (Wildman–Crippen LogP) is 5.59. The summed E-state index contributed by atoms with van der Waals surface area (Å²) in [6.07, 6.45) is 20.3. The summed E-state index contributed by atoms with van der Waals surface area (Å²) in [6.45, 7) is 2.24. The third-order valence-corrected chi connectivity index (χ3v) is 4.00. The van der Waals surface area contributed by atoms with Gasteiger partial charge in [0.15, 0.2) is 0 Å². The lowest BCUT2D eigenvalue weighted by Gasteiger charge is -2.05. The Bertz CT molecular complexity index is 385. The van der Waals surface area contributed by atoms with Crippen LogP contribution in [0.25, 0.3) is 0 Å². The van der Waals surface area contributed by atoms with E-state index in [0.717, 1.165) is 19.3 Å². The van der Waals surface area contributed by atoms with Crippen molar-refractivity contribution in [1.82, 2.24) is 0 Å². The summed E-state index contributed by atoms with van der Waals surface area (Å²) in [5.74, 6) is -2.94. The van der Waals surface area contributed by atoms with Crippen molar-refractivity contribution in [3.05, 3.63) is 24.3 Å². The smallest absolute Gasteiger partial charge is 0.307 e. The molecule has 0 aromatic rings. The maximum atomic E-state index is 10.9. The summed E-state index contributed by atoms with van der Waals surface area (Å²) >= 11 is 0. The monoisotopic (exact) mass is 338 g/mol. The van der Waals surface area contributed by atoms with E-state index < -0.39 is 17.9 Å². The van der Waals surface area contributed by atoms with Crippen LogP contribution >= 0.6 is 0 Å². The average Bonchev–Trinajstić information content (AvgIpc) is 2.53. The molecule has 2 N–H and O–H groups in total. The maximum absolute atomic E-state index is 10.9. The second-order valence-electron chi connectivity index (χ2n) is 6.30. The van der Waals surface area contributed by atoms with Crippen LogP contribution < -0.4 is 0 Å². The third kappa shape index (κ3) is 15.3. The topological polar surface area (TPSA) is 74.6 Å². The number of allylic oxidation sites excluding steroid dienone is 4. The molecular formula is C20H34O4. The van der Waals surface area contributed by atoms with Gasteiger partial charge in [0, 0.05) is 0 Å². The van der Waals surface area contributed by atoms with E-state index >= 15 is 0 Å². The van der Waals surface area contributed by atoms with E-state index in [0.29, 0.717) is 0 Å². The summed E-state index contributed by atoms with van der Waals surface area (Å²) in [5, 5.41) is 17.6. The molecule has 0 amide bonds. The second-order valence-corrected chi connectivity index (χ2v) is 6.30. The van der Waals surface area contributed by atoms with E-state index in [1.807, 2.05) is 6.08 Å². The molecule has 4 heteroatoms. The van der Waals surface area contributed by atoms with Gasteiger partial charge in [-0.05, 0) is 32.1 Å². The lowest BCUT2D eigenvalue weighted by Crippen LogP contribution is -2.16. The van der Waals surface area contributed by atoms with Gasteiger partial charge in [0.25, 0.3) is 0 Å². The highest BCUT2D eigenvalue weighted by Gasteiger charge is 2.18. The van der Waals surface area contributed by atoms with Crippen LogP contribution in [0.2, 0.25) is 0 Å². The highest BCUT2D eigenvalue weighted by atomic mass is 16.4. The number of rotatable bonds is 16. The highest BCUT2D eigenvalue weighted by molar-refractivity contribution is 5.77. The third-order valence-electron chi connectivity index (χ3n) is 4.00. The van der Waals surface area contributed by atoms with E-state index in [-0.39, 0.29) is 12.8 Å². The van der Waals surface area contributed by atoms with Crippen molar-refractivity contribution in [3.63, 3.8) is 0 Å². The van der Waals surface area contributed by atoms with Gasteiger partial charge in [-0.15, -0.1) is 0 Å². The van der Waals surface area contributed by atoms with Crippen molar-refractivity contribution in [2.75, 3.05) is 0 Å². The number of carbonyl (C=O) groups is 2. The SMILES string of the molecule is CCCCCCCCC/C=C/CC/C=C/CC(CC(=O)O)C(=O)O. The molecule has 0 fully saturated rings. The van der Waals surface area contributed by atoms with Gasteiger partial charge in [-0.25, -0.2) is 0 Å². The summed E-state index contributed by atoms with van der Waals surface area (Å²) in [6, 6.07) is 0. The van der Waals surface area contributed by atoms with Gasteiger partial charge in [-0.1, -0.05) is 69.8 Å². The summed E-state index contributed by atoms with van der Waals surface area (Å²) in [5.41, 5.74) is 0. The van der Waals surface area contributed by atoms with Gasteiger partial charge in [0.05, 0.1) is 12.3 Å². The van der Waals surface area contributed by atoms with Gasteiger partial charge < -0.3 is 10.2 Å². The molecule has 24 heavy (non-hydrogen) atoms. The van der Waals surface area contributed by atoms with Crippen LogP contribution in [0.3, 0.4) is 0 Å². The number of carboxylic acid groups (broad SMARTS) is 2. The fraction of sp³-hybridized carbons (Fsp3) is 0.700. The first kappa shape index (κ1) is 22.4. The largest absolute Gasteiger partial charge is 0.481 e.